The van der Waals surface area contributed by atoms with Crippen LogP contribution in [0.3, 0.4) is 0 Å². The van der Waals surface area contributed by atoms with Crippen molar-refractivity contribution in [3.8, 4) is 11.1 Å². The van der Waals surface area contributed by atoms with Crippen molar-refractivity contribution in [3.63, 3.8) is 0 Å². The summed E-state index contributed by atoms with van der Waals surface area (Å²) in [5, 5.41) is 22.6. The summed E-state index contributed by atoms with van der Waals surface area (Å²) in [6.45, 7) is 7.42. The lowest BCUT2D eigenvalue weighted by Crippen LogP contribution is -2.49. The molecule has 0 spiro atoms. The zero-order valence-electron chi connectivity index (χ0n) is 31.2. The monoisotopic (exact) mass is 727 g/mol. The van der Waals surface area contributed by atoms with Crippen LogP contribution in [0.1, 0.15) is 117 Å². The molecule has 4 aromatic rings. The van der Waals surface area contributed by atoms with Gasteiger partial charge in [-0.1, -0.05) is 36.8 Å². The normalized spacial score (nSPS) is 19.4. The van der Waals surface area contributed by atoms with Gasteiger partial charge in [0.05, 0.1) is 6.10 Å². The molecule has 2 saturated carbocycles. The molecule has 10 heteroatoms. The summed E-state index contributed by atoms with van der Waals surface area (Å²) in [6, 6.07) is 15.3. The molecule has 8 rings (SSSR count). The van der Waals surface area contributed by atoms with Gasteiger partial charge in [0.2, 0.25) is 0 Å². The van der Waals surface area contributed by atoms with Gasteiger partial charge >= 0.3 is 5.97 Å². The Morgan fingerprint density at radius 3 is 2.07 bits per heavy atom. The quantitative estimate of drug-likeness (QED) is 0.127. The first-order valence-electron chi connectivity index (χ1n) is 19.5. The van der Waals surface area contributed by atoms with Crippen LogP contribution >= 0.6 is 0 Å². The van der Waals surface area contributed by atoms with Gasteiger partial charge in [-0.15, -0.1) is 0 Å². The number of pyridine rings is 2. The number of aromatic nitrogens is 2. The number of Topliss-reactive ketones (excluding diaryl/α,β-unsaturated/α-hetero) is 1. The van der Waals surface area contributed by atoms with E-state index in [0.717, 1.165) is 96.1 Å². The van der Waals surface area contributed by atoms with E-state index in [4.69, 9.17) is 0 Å². The second kappa shape index (κ2) is 15.2. The molecule has 2 aliphatic carbocycles. The summed E-state index contributed by atoms with van der Waals surface area (Å²) < 4.78 is 0. The number of carboxylic acid groups (broad SMARTS) is 1. The van der Waals surface area contributed by atoms with Crippen LogP contribution in [0.15, 0.2) is 60.9 Å². The van der Waals surface area contributed by atoms with Gasteiger partial charge in [-0.2, -0.15) is 0 Å². The number of likely N-dealkylation sites (tertiary alicyclic amines) is 2. The van der Waals surface area contributed by atoms with Crippen molar-refractivity contribution >= 4 is 23.3 Å². The Balaban J connectivity index is 0.979. The van der Waals surface area contributed by atoms with Crippen LogP contribution in [-0.4, -0.2) is 79.4 Å². The number of β-amino-alcohol motifs (C(OH)–C–C–N with tert-alkyl or cyclic N) is 1. The number of nitrogens with one attached hydrogen (secondary N) is 1. The second-order valence-corrected chi connectivity index (χ2v) is 15.9. The minimum atomic E-state index is -0.770. The van der Waals surface area contributed by atoms with E-state index in [-0.39, 0.29) is 24.2 Å². The van der Waals surface area contributed by atoms with Gasteiger partial charge in [-0.25, -0.2) is 0 Å². The van der Waals surface area contributed by atoms with Crippen molar-refractivity contribution in [1.29, 1.82) is 0 Å². The van der Waals surface area contributed by atoms with E-state index in [0.29, 0.717) is 55.0 Å². The number of hydrogen-bond donors (Lipinski definition) is 3. The predicted molar refractivity (Wildman–Crippen MR) is 207 cm³/mol. The lowest BCUT2D eigenvalue weighted by Gasteiger charge is -2.36. The van der Waals surface area contributed by atoms with E-state index in [9.17, 15) is 24.6 Å². The van der Waals surface area contributed by atoms with Gasteiger partial charge in [0, 0.05) is 50.7 Å². The molecule has 0 radical (unpaired) electrons. The molecule has 2 aliphatic heterocycles. The maximum absolute atomic E-state index is 13.8. The van der Waals surface area contributed by atoms with Crippen LogP contribution in [0.4, 0.5) is 5.69 Å². The summed E-state index contributed by atoms with van der Waals surface area (Å²) in [4.78, 5) is 52.7. The summed E-state index contributed by atoms with van der Waals surface area (Å²) in [5.41, 5.74) is 10.9. The first-order valence-corrected chi connectivity index (χ1v) is 19.5. The van der Waals surface area contributed by atoms with E-state index in [2.05, 4.69) is 31.2 Å². The maximum atomic E-state index is 13.8. The lowest BCUT2D eigenvalue weighted by molar-refractivity contribution is -0.144. The van der Waals surface area contributed by atoms with E-state index >= 15 is 0 Å². The highest BCUT2D eigenvalue weighted by molar-refractivity contribution is 6.04. The Hall–Kier alpha value is -4.77. The largest absolute Gasteiger partial charge is 0.480 e. The third-order valence-corrected chi connectivity index (χ3v) is 11.9. The van der Waals surface area contributed by atoms with Crippen LogP contribution in [0.5, 0.6) is 0 Å². The van der Waals surface area contributed by atoms with Crippen molar-refractivity contribution in [1.82, 2.24) is 19.8 Å². The number of carbonyl (C=O) groups excluding carboxylic acids is 2. The molecule has 2 aromatic carbocycles. The highest BCUT2D eigenvalue weighted by Crippen LogP contribution is 2.43. The van der Waals surface area contributed by atoms with Gasteiger partial charge in [0.15, 0.2) is 5.78 Å². The third-order valence-electron chi connectivity index (χ3n) is 11.9. The number of anilines is 1. The lowest BCUT2D eigenvalue weighted by atomic mass is 9.90. The third kappa shape index (κ3) is 7.74. The van der Waals surface area contributed by atoms with Gasteiger partial charge in [0.1, 0.15) is 17.4 Å². The van der Waals surface area contributed by atoms with Crippen LogP contribution in [0.2, 0.25) is 0 Å². The number of piperidine rings is 1. The number of aliphatic hydroxyl groups excluding tert-OH is 1. The number of rotatable bonds is 13. The standard InChI is InChI=1S/C44H49N5O5/c1-26-30(17-42(51)39-18-36(28-12-13-28)32(21-45-39)23-49-16-4-3-11-41(49)44(53)54)7-5-8-34(26)35-9-6-10-38(27(35)2)47-43(52)40-19-37(29-14-15-29)31(20-46-40)22-48-24-33(50)25-48/h5-10,18-21,28-29,33,41,50H,3-4,11-17,22-25H2,1-2H3,(H,47,52)(H,53,54)/t41-/m0/s1. The average Bonchev–Trinajstić information content (AvgIpc) is 4.08. The zero-order valence-corrected chi connectivity index (χ0v) is 31.2. The molecular formula is C44H49N5O5. The molecule has 4 heterocycles. The van der Waals surface area contributed by atoms with E-state index in [1.54, 1.807) is 6.20 Å². The molecule has 2 aromatic heterocycles. The second-order valence-electron chi connectivity index (χ2n) is 15.9. The molecule has 3 N–H and O–H groups in total. The van der Waals surface area contributed by atoms with E-state index in [1.807, 2.05) is 62.5 Å². The number of ketones is 1. The fourth-order valence-electron chi connectivity index (χ4n) is 8.36. The first-order chi connectivity index (χ1) is 26.1. The topological polar surface area (TPSA) is 136 Å². The van der Waals surface area contributed by atoms with Crippen LogP contribution in [0, 0.1) is 13.8 Å². The van der Waals surface area contributed by atoms with Gasteiger partial charge in [0.25, 0.3) is 5.91 Å². The summed E-state index contributed by atoms with van der Waals surface area (Å²) in [5.74, 6) is -0.213. The Morgan fingerprint density at radius 2 is 1.41 bits per heavy atom. The SMILES string of the molecule is Cc1c(CC(=O)c2cc(C3CC3)c(CN3CCCC[C@H]3C(=O)O)cn2)cccc1-c1cccc(NC(=O)c2cc(C3CC3)c(CN3CC(O)C3)cn2)c1C. The Labute approximate surface area is 316 Å². The fraction of sp³-hybridized carbons (Fsp3) is 0.432. The Bertz CT molecular complexity index is 2100. The van der Waals surface area contributed by atoms with Crippen molar-refractivity contribution in [3.05, 3.63) is 111 Å². The van der Waals surface area contributed by atoms with Gasteiger partial charge < -0.3 is 15.5 Å². The predicted octanol–water partition coefficient (Wildman–Crippen LogP) is 6.81. The molecule has 1 atom stereocenters. The molecule has 1 amide bonds. The molecule has 0 unspecified atom stereocenters. The number of carboxylic acids is 1. The average molecular weight is 728 g/mol. The van der Waals surface area contributed by atoms with Crippen LogP contribution < -0.4 is 5.32 Å². The maximum Gasteiger partial charge on any atom is 0.320 e. The number of hydrogen-bond acceptors (Lipinski definition) is 8. The molecule has 2 saturated heterocycles. The summed E-state index contributed by atoms with van der Waals surface area (Å²) in [7, 11) is 0. The van der Waals surface area contributed by atoms with Crippen molar-refractivity contribution < 1.29 is 24.6 Å². The minimum Gasteiger partial charge on any atom is -0.480 e. The number of nitrogens with zero attached hydrogens (tertiary/aromatic N) is 4. The molecule has 4 aliphatic rings. The number of aliphatic hydroxyl groups is 1. The number of carbonyl (C=O) groups is 3. The molecule has 0 bridgehead atoms. The van der Waals surface area contributed by atoms with Crippen LogP contribution in [-0.2, 0) is 24.3 Å². The Morgan fingerprint density at radius 1 is 0.778 bits per heavy atom. The Kier molecular flexibility index (Phi) is 10.2. The van der Waals surface area contributed by atoms with E-state index in [1.165, 1.54) is 5.56 Å². The minimum absolute atomic E-state index is 0.0469. The molecule has 280 valence electrons. The molecule has 10 nitrogen and oxygen atoms in total. The van der Waals surface area contributed by atoms with Gasteiger partial charge in [-0.05, 0) is 139 Å². The number of benzene rings is 2. The zero-order chi connectivity index (χ0) is 37.5. The van der Waals surface area contributed by atoms with Crippen molar-refractivity contribution in [2.75, 3.05) is 25.0 Å². The van der Waals surface area contributed by atoms with Crippen molar-refractivity contribution in [2.24, 2.45) is 0 Å². The van der Waals surface area contributed by atoms with E-state index < -0.39 is 12.0 Å². The summed E-state index contributed by atoms with van der Waals surface area (Å²) >= 11 is 0. The molecule has 4 fully saturated rings. The van der Waals surface area contributed by atoms with Crippen LogP contribution in [0.25, 0.3) is 11.1 Å². The molecular weight excluding hydrogens is 679 g/mol. The highest BCUT2D eigenvalue weighted by Gasteiger charge is 2.33. The highest BCUT2D eigenvalue weighted by atomic mass is 16.4. The summed E-state index contributed by atoms with van der Waals surface area (Å²) in [6.07, 6.45) is 10.5. The number of aliphatic carboxylic acids is 1. The fourth-order valence-corrected chi connectivity index (χ4v) is 8.36. The molecule has 54 heavy (non-hydrogen) atoms. The first kappa shape index (κ1) is 36.2. The van der Waals surface area contributed by atoms with Crippen molar-refractivity contribution in [2.45, 2.75) is 102 Å². The number of amides is 1. The smallest absolute Gasteiger partial charge is 0.320 e. The van der Waals surface area contributed by atoms with Gasteiger partial charge in [-0.3, -0.25) is 34.2 Å².